The number of hydrogen-bond acceptors (Lipinski definition) is 0. The maximum atomic E-state index is 2.42. The van der Waals surface area contributed by atoms with Crippen molar-refractivity contribution in [3.05, 3.63) is 0 Å². The summed E-state index contributed by atoms with van der Waals surface area (Å²) in [5.41, 5.74) is 1.92. The fourth-order valence-corrected chi connectivity index (χ4v) is 13.9. The molecule has 0 aromatic heterocycles. The third-order valence-corrected chi connectivity index (χ3v) is 18.2. The van der Waals surface area contributed by atoms with Gasteiger partial charge in [-0.3, -0.25) is 0 Å². The van der Waals surface area contributed by atoms with E-state index in [1.165, 1.54) is 231 Å². The molecule has 0 saturated carbocycles. The molecule has 0 spiro atoms. The molecule has 0 heterocycles. The standard InChI is InChI=1S/C57H117P/c1-10-19-28-40-55(41-29-20-11-2,42-30-21-12-3)49-37-52-58(53-38-50-56(43-31-22-13-4,44-32-23-14-5)45-33-24-15-6)54-39-51-57(46-34-25-16-7,47-35-26-17-8)48-36-27-18-9/h10-54H2,1-9H3. The first-order chi connectivity index (χ1) is 28.3. The van der Waals surface area contributed by atoms with Gasteiger partial charge < -0.3 is 0 Å². The molecule has 0 aromatic carbocycles. The molecule has 0 fully saturated rings. The molecule has 0 rings (SSSR count). The fraction of sp³-hybridized carbons (Fsp3) is 1.00. The van der Waals surface area contributed by atoms with Crippen molar-refractivity contribution in [2.24, 2.45) is 16.2 Å². The zero-order valence-corrected chi connectivity index (χ0v) is 43.7. The maximum Gasteiger partial charge on any atom is -0.0297 e. The zero-order chi connectivity index (χ0) is 42.9. The summed E-state index contributed by atoms with van der Waals surface area (Å²) in [6.45, 7) is 21.8. The van der Waals surface area contributed by atoms with E-state index in [2.05, 4.69) is 62.3 Å². The van der Waals surface area contributed by atoms with Gasteiger partial charge in [0.05, 0.1) is 0 Å². The lowest BCUT2D eigenvalue weighted by atomic mass is 9.71. The average Bonchev–Trinajstić information content (AvgIpc) is 3.21. The monoisotopic (exact) mass is 833 g/mol. The normalized spacial score (nSPS) is 12.7. The van der Waals surface area contributed by atoms with Gasteiger partial charge in [-0.2, -0.15) is 0 Å². The molecule has 0 aliphatic carbocycles. The van der Waals surface area contributed by atoms with E-state index in [1.54, 1.807) is 57.0 Å². The first-order valence-electron chi connectivity index (χ1n) is 28.1. The molecule has 58 heavy (non-hydrogen) atoms. The Hall–Kier alpha value is 0.430. The molecule has 0 nitrogen and oxygen atoms in total. The van der Waals surface area contributed by atoms with Gasteiger partial charge in [0.2, 0.25) is 0 Å². The Balaban J connectivity index is 6.41. The third-order valence-electron chi connectivity index (χ3n) is 15.3. The minimum Gasteiger partial charge on any atom is -0.107 e. The molecule has 0 amide bonds. The highest BCUT2D eigenvalue weighted by Gasteiger charge is 2.32. The summed E-state index contributed by atoms with van der Waals surface area (Å²) < 4.78 is 0. The second-order valence-corrected chi connectivity index (χ2v) is 23.4. The molecule has 0 aliphatic rings. The molecule has 0 saturated heterocycles. The van der Waals surface area contributed by atoms with Crippen molar-refractivity contribution in [2.75, 3.05) is 18.5 Å². The van der Waals surface area contributed by atoms with Crippen LogP contribution in [0.5, 0.6) is 0 Å². The van der Waals surface area contributed by atoms with Gasteiger partial charge in [-0.25, -0.2) is 0 Å². The van der Waals surface area contributed by atoms with Crippen molar-refractivity contribution in [2.45, 2.75) is 332 Å². The van der Waals surface area contributed by atoms with Crippen molar-refractivity contribution in [3.8, 4) is 0 Å². The second kappa shape index (κ2) is 41.4. The molecule has 0 radical (unpaired) electrons. The van der Waals surface area contributed by atoms with Gasteiger partial charge in [0.15, 0.2) is 0 Å². The Bertz CT molecular complexity index is 615. The predicted molar refractivity (Wildman–Crippen MR) is 274 cm³/mol. The zero-order valence-electron chi connectivity index (χ0n) is 42.8. The van der Waals surface area contributed by atoms with Crippen LogP contribution >= 0.6 is 7.92 Å². The van der Waals surface area contributed by atoms with Crippen LogP contribution < -0.4 is 0 Å². The van der Waals surface area contributed by atoms with Gasteiger partial charge in [0.1, 0.15) is 0 Å². The van der Waals surface area contributed by atoms with Gasteiger partial charge in [-0.1, -0.05) is 236 Å². The lowest BCUT2D eigenvalue weighted by Gasteiger charge is -2.37. The highest BCUT2D eigenvalue weighted by Crippen LogP contribution is 2.49. The van der Waals surface area contributed by atoms with Crippen LogP contribution in [-0.2, 0) is 0 Å². The van der Waals surface area contributed by atoms with Crippen LogP contribution in [0.3, 0.4) is 0 Å². The summed E-state index contributed by atoms with van der Waals surface area (Å²) >= 11 is 0. The lowest BCUT2D eigenvalue weighted by Crippen LogP contribution is -2.23. The highest BCUT2D eigenvalue weighted by atomic mass is 31.1. The van der Waals surface area contributed by atoms with Crippen LogP contribution in [0.1, 0.15) is 332 Å². The van der Waals surface area contributed by atoms with E-state index in [0.29, 0.717) is 16.2 Å². The van der Waals surface area contributed by atoms with Crippen molar-refractivity contribution in [3.63, 3.8) is 0 Å². The summed E-state index contributed by atoms with van der Waals surface area (Å²) in [5.74, 6) is 0. The molecule has 350 valence electrons. The Morgan fingerprint density at radius 3 is 0.466 bits per heavy atom. The smallest absolute Gasteiger partial charge is 0.0297 e. The second-order valence-electron chi connectivity index (χ2n) is 20.8. The number of rotatable bonds is 48. The van der Waals surface area contributed by atoms with E-state index in [-0.39, 0.29) is 7.92 Å². The van der Waals surface area contributed by atoms with Gasteiger partial charge in [0.25, 0.3) is 0 Å². The number of hydrogen-bond donors (Lipinski definition) is 0. The van der Waals surface area contributed by atoms with Crippen LogP contribution in [-0.4, -0.2) is 18.5 Å². The summed E-state index contributed by atoms with van der Waals surface area (Å²) in [7, 11) is 0.136. The molecular formula is C57H117P. The first kappa shape index (κ1) is 58.4. The van der Waals surface area contributed by atoms with Crippen LogP contribution in [0.25, 0.3) is 0 Å². The Morgan fingerprint density at radius 2 is 0.328 bits per heavy atom. The Kier molecular flexibility index (Phi) is 41.7. The SMILES string of the molecule is CCCCCC(CCCCC)(CCCCC)CCCP(CCCC(CCCCC)(CCCCC)CCCCC)CCCC(CCCCC)(CCCCC)CCCCC. The van der Waals surface area contributed by atoms with E-state index in [9.17, 15) is 0 Å². The molecule has 0 aliphatic heterocycles. The summed E-state index contributed by atoms with van der Waals surface area (Å²) in [6, 6.07) is 0. The quantitative estimate of drug-likeness (QED) is 0.0423. The van der Waals surface area contributed by atoms with Gasteiger partial charge in [-0.15, -0.1) is 7.92 Å². The Labute approximate surface area is 373 Å². The molecule has 1 heteroatoms. The van der Waals surface area contributed by atoms with E-state index in [0.717, 1.165) is 0 Å². The first-order valence-corrected chi connectivity index (χ1v) is 30.0. The van der Waals surface area contributed by atoms with Crippen molar-refractivity contribution >= 4 is 7.92 Å². The average molecular weight is 834 g/mol. The lowest BCUT2D eigenvalue weighted by molar-refractivity contribution is 0.176. The van der Waals surface area contributed by atoms with Crippen molar-refractivity contribution in [1.82, 2.24) is 0 Å². The van der Waals surface area contributed by atoms with Crippen LogP contribution in [0.4, 0.5) is 0 Å². The minimum atomic E-state index is 0.136. The summed E-state index contributed by atoms with van der Waals surface area (Å²) in [5, 5.41) is 0. The van der Waals surface area contributed by atoms with Gasteiger partial charge >= 0.3 is 0 Å². The largest absolute Gasteiger partial charge is 0.107 e. The predicted octanol–water partition coefficient (Wildman–Crippen LogP) is 22.0. The van der Waals surface area contributed by atoms with Gasteiger partial charge in [-0.05, 0) is 131 Å². The molecule has 0 aromatic rings. The van der Waals surface area contributed by atoms with Crippen molar-refractivity contribution < 1.29 is 0 Å². The fourth-order valence-electron chi connectivity index (χ4n) is 11.4. The van der Waals surface area contributed by atoms with E-state index >= 15 is 0 Å². The van der Waals surface area contributed by atoms with Crippen LogP contribution in [0.2, 0.25) is 0 Å². The summed E-state index contributed by atoms with van der Waals surface area (Å²) in [4.78, 5) is 0. The highest BCUT2D eigenvalue weighted by molar-refractivity contribution is 7.57. The molecule has 0 atom stereocenters. The molecular weight excluding hydrogens is 716 g/mol. The van der Waals surface area contributed by atoms with Gasteiger partial charge in [0, 0.05) is 0 Å². The Morgan fingerprint density at radius 1 is 0.190 bits per heavy atom. The summed E-state index contributed by atoms with van der Waals surface area (Å²) in [6.07, 6.45) is 66.5. The maximum absolute atomic E-state index is 2.42. The van der Waals surface area contributed by atoms with E-state index in [1.807, 2.05) is 0 Å². The van der Waals surface area contributed by atoms with E-state index < -0.39 is 0 Å². The van der Waals surface area contributed by atoms with Crippen LogP contribution in [0, 0.1) is 16.2 Å². The molecule has 0 bridgehead atoms. The van der Waals surface area contributed by atoms with Crippen molar-refractivity contribution in [1.29, 1.82) is 0 Å². The minimum absolute atomic E-state index is 0.136. The molecule has 0 N–H and O–H groups in total. The van der Waals surface area contributed by atoms with E-state index in [4.69, 9.17) is 0 Å². The topological polar surface area (TPSA) is 0 Å². The number of unbranched alkanes of at least 4 members (excludes halogenated alkanes) is 18. The molecule has 0 unspecified atom stereocenters. The third kappa shape index (κ3) is 30.5. The van der Waals surface area contributed by atoms with Crippen LogP contribution in [0.15, 0.2) is 0 Å².